The first-order valence-corrected chi connectivity index (χ1v) is 8.62. The minimum atomic E-state index is -0.190. The van der Waals surface area contributed by atoms with Gasteiger partial charge >= 0.3 is 0 Å². The Morgan fingerprint density at radius 1 is 1.15 bits per heavy atom. The van der Waals surface area contributed by atoms with Gasteiger partial charge in [0.05, 0.1) is 18.2 Å². The largest absolute Gasteiger partial charge is 0.507 e. The molecule has 132 valence electrons. The molecule has 2 aromatic carbocycles. The third kappa shape index (κ3) is 2.73. The fourth-order valence-corrected chi connectivity index (χ4v) is 3.46. The van der Waals surface area contributed by atoms with Crippen LogP contribution in [0.3, 0.4) is 0 Å². The number of hydrogen-bond donors (Lipinski definition) is 1. The molecule has 1 aromatic heterocycles. The van der Waals surface area contributed by atoms with Crippen LogP contribution in [0.5, 0.6) is 5.75 Å². The zero-order valence-corrected chi connectivity index (χ0v) is 14.8. The van der Waals surface area contributed by atoms with E-state index in [-0.39, 0.29) is 17.7 Å². The summed E-state index contributed by atoms with van der Waals surface area (Å²) in [5.74, 6) is 1.39. The van der Waals surface area contributed by atoms with Crippen LogP contribution in [0.25, 0.3) is 11.4 Å². The standard InChI is InChI=1S/C20H20N4O2/c1-13-8-9-16(17(25)10-13)20(26)23-11-14(2)24-18(12-23)21-22-19(24)15-6-4-3-5-7-15/h3-10,14,25H,11-12H2,1-2H3/t14-/m0/s1. The number of hydrogen-bond acceptors (Lipinski definition) is 4. The lowest BCUT2D eigenvalue weighted by Gasteiger charge is -2.32. The monoisotopic (exact) mass is 348 g/mol. The molecule has 26 heavy (non-hydrogen) atoms. The summed E-state index contributed by atoms with van der Waals surface area (Å²) in [6, 6.07) is 15.1. The number of phenols is 1. The number of fused-ring (bicyclic) bond motifs is 1. The minimum Gasteiger partial charge on any atom is -0.507 e. The lowest BCUT2D eigenvalue weighted by Crippen LogP contribution is -2.40. The molecule has 0 saturated carbocycles. The van der Waals surface area contributed by atoms with Crippen molar-refractivity contribution in [3.8, 4) is 17.1 Å². The summed E-state index contributed by atoms with van der Waals surface area (Å²) < 4.78 is 2.09. The minimum absolute atomic E-state index is 0.0136. The van der Waals surface area contributed by atoms with Gasteiger partial charge in [-0.25, -0.2) is 0 Å². The number of carbonyl (C=O) groups is 1. The van der Waals surface area contributed by atoms with E-state index in [0.29, 0.717) is 18.7 Å². The smallest absolute Gasteiger partial charge is 0.258 e. The number of rotatable bonds is 2. The SMILES string of the molecule is Cc1ccc(C(=O)N2Cc3nnc(-c4ccccc4)n3[C@@H](C)C2)c(O)c1. The van der Waals surface area contributed by atoms with Gasteiger partial charge in [0.25, 0.3) is 5.91 Å². The van der Waals surface area contributed by atoms with Crippen molar-refractivity contribution in [2.75, 3.05) is 6.54 Å². The molecule has 1 atom stereocenters. The van der Waals surface area contributed by atoms with Gasteiger partial charge in [0.2, 0.25) is 0 Å². The van der Waals surface area contributed by atoms with Gasteiger partial charge < -0.3 is 14.6 Å². The van der Waals surface area contributed by atoms with Crippen molar-refractivity contribution in [3.63, 3.8) is 0 Å². The summed E-state index contributed by atoms with van der Waals surface area (Å²) in [5.41, 5.74) is 2.24. The van der Waals surface area contributed by atoms with Crippen LogP contribution in [0.1, 0.15) is 34.7 Å². The van der Waals surface area contributed by atoms with Gasteiger partial charge in [-0.1, -0.05) is 36.4 Å². The van der Waals surface area contributed by atoms with Gasteiger partial charge in [0.15, 0.2) is 11.6 Å². The van der Waals surface area contributed by atoms with Crippen molar-refractivity contribution >= 4 is 5.91 Å². The molecule has 6 nitrogen and oxygen atoms in total. The molecule has 0 bridgehead atoms. The van der Waals surface area contributed by atoms with Crippen molar-refractivity contribution in [2.45, 2.75) is 26.4 Å². The molecule has 1 aliphatic heterocycles. The van der Waals surface area contributed by atoms with Crippen molar-refractivity contribution in [2.24, 2.45) is 0 Å². The Hall–Kier alpha value is -3.15. The quantitative estimate of drug-likeness (QED) is 0.772. The van der Waals surface area contributed by atoms with Crippen molar-refractivity contribution in [3.05, 3.63) is 65.5 Å². The highest BCUT2D eigenvalue weighted by Crippen LogP contribution is 2.29. The average Bonchev–Trinajstić information content (AvgIpc) is 3.06. The molecular formula is C20H20N4O2. The third-order valence-electron chi connectivity index (χ3n) is 4.73. The predicted octanol–water partition coefficient (Wildman–Crippen LogP) is 3.18. The molecule has 0 radical (unpaired) electrons. The van der Waals surface area contributed by atoms with Gasteiger partial charge in [-0.05, 0) is 31.5 Å². The molecule has 0 spiro atoms. The molecule has 4 rings (SSSR count). The van der Waals surface area contributed by atoms with Gasteiger partial charge in [-0.3, -0.25) is 4.79 Å². The van der Waals surface area contributed by atoms with Crippen LogP contribution < -0.4 is 0 Å². The van der Waals surface area contributed by atoms with Gasteiger partial charge in [-0.15, -0.1) is 10.2 Å². The molecule has 6 heteroatoms. The topological polar surface area (TPSA) is 71.2 Å². The third-order valence-corrected chi connectivity index (χ3v) is 4.73. The highest BCUT2D eigenvalue weighted by atomic mass is 16.3. The van der Waals surface area contributed by atoms with Crippen molar-refractivity contribution < 1.29 is 9.90 Å². The van der Waals surface area contributed by atoms with E-state index in [1.54, 1.807) is 17.0 Å². The average molecular weight is 348 g/mol. The normalized spacial score (nSPS) is 16.4. The number of amides is 1. The lowest BCUT2D eigenvalue weighted by atomic mass is 10.1. The molecule has 3 aromatic rings. The van der Waals surface area contributed by atoms with Crippen LogP contribution in [0.4, 0.5) is 0 Å². The Morgan fingerprint density at radius 3 is 2.65 bits per heavy atom. The molecular weight excluding hydrogens is 328 g/mol. The fourth-order valence-electron chi connectivity index (χ4n) is 3.46. The summed E-state index contributed by atoms with van der Waals surface area (Å²) in [5, 5.41) is 18.8. The molecule has 0 saturated heterocycles. The van der Waals surface area contributed by atoms with Crippen LogP contribution in [0.2, 0.25) is 0 Å². The van der Waals surface area contributed by atoms with Crippen LogP contribution in [0.15, 0.2) is 48.5 Å². The van der Waals surface area contributed by atoms with E-state index in [1.807, 2.05) is 50.2 Å². The van der Waals surface area contributed by atoms with E-state index >= 15 is 0 Å². The number of benzene rings is 2. The van der Waals surface area contributed by atoms with E-state index < -0.39 is 0 Å². The number of aromatic hydroxyl groups is 1. The maximum atomic E-state index is 12.9. The number of carbonyl (C=O) groups excluding carboxylic acids is 1. The highest BCUT2D eigenvalue weighted by molar-refractivity contribution is 5.97. The zero-order valence-electron chi connectivity index (χ0n) is 14.8. The summed E-state index contributed by atoms with van der Waals surface area (Å²) in [7, 11) is 0. The van der Waals surface area contributed by atoms with E-state index in [9.17, 15) is 9.90 Å². The summed E-state index contributed by atoms with van der Waals surface area (Å²) in [6.07, 6.45) is 0. The van der Waals surface area contributed by atoms with E-state index in [0.717, 1.165) is 22.8 Å². The Labute approximate surface area is 151 Å². The Kier molecular flexibility index (Phi) is 3.95. The van der Waals surface area contributed by atoms with Gasteiger partial charge in [-0.2, -0.15) is 0 Å². The summed E-state index contributed by atoms with van der Waals surface area (Å²) >= 11 is 0. The molecule has 0 unspecified atom stereocenters. The van der Waals surface area contributed by atoms with Crippen LogP contribution in [0, 0.1) is 6.92 Å². The maximum absolute atomic E-state index is 12.9. The Bertz CT molecular complexity index is 965. The van der Waals surface area contributed by atoms with Gasteiger partial charge in [0, 0.05) is 12.1 Å². The lowest BCUT2D eigenvalue weighted by molar-refractivity contribution is 0.0679. The molecule has 1 aliphatic rings. The van der Waals surface area contributed by atoms with E-state index in [1.165, 1.54) is 0 Å². The molecule has 0 fully saturated rings. The number of aromatic nitrogens is 3. The fraction of sp³-hybridized carbons (Fsp3) is 0.250. The predicted molar refractivity (Wildman–Crippen MR) is 97.8 cm³/mol. The van der Waals surface area contributed by atoms with Crippen molar-refractivity contribution in [1.29, 1.82) is 0 Å². The zero-order chi connectivity index (χ0) is 18.3. The number of aryl methyl sites for hydroxylation is 1. The first-order valence-electron chi connectivity index (χ1n) is 8.62. The summed E-state index contributed by atoms with van der Waals surface area (Å²) in [4.78, 5) is 14.6. The summed E-state index contributed by atoms with van der Waals surface area (Å²) in [6.45, 7) is 4.84. The first-order chi connectivity index (χ1) is 12.5. The molecule has 1 N–H and O–H groups in total. The second-order valence-corrected chi connectivity index (χ2v) is 6.73. The second kappa shape index (κ2) is 6.29. The van der Waals surface area contributed by atoms with E-state index in [2.05, 4.69) is 14.8 Å². The number of nitrogens with zero attached hydrogens (tertiary/aromatic N) is 4. The second-order valence-electron chi connectivity index (χ2n) is 6.73. The van der Waals surface area contributed by atoms with Crippen LogP contribution >= 0.6 is 0 Å². The molecule has 2 heterocycles. The van der Waals surface area contributed by atoms with Crippen molar-refractivity contribution in [1.82, 2.24) is 19.7 Å². The first kappa shape index (κ1) is 16.3. The number of phenolic OH excluding ortho intramolecular Hbond substituents is 1. The highest BCUT2D eigenvalue weighted by Gasteiger charge is 2.30. The Morgan fingerprint density at radius 2 is 1.92 bits per heavy atom. The molecule has 0 aliphatic carbocycles. The maximum Gasteiger partial charge on any atom is 0.258 e. The molecule has 1 amide bonds. The van der Waals surface area contributed by atoms with Gasteiger partial charge in [0.1, 0.15) is 5.75 Å². The van der Waals surface area contributed by atoms with Crippen LogP contribution in [-0.4, -0.2) is 37.2 Å². The van der Waals surface area contributed by atoms with Crippen LogP contribution in [-0.2, 0) is 6.54 Å². The van der Waals surface area contributed by atoms with E-state index in [4.69, 9.17) is 0 Å². The Balaban J connectivity index is 1.65.